The van der Waals surface area contributed by atoms with Crippen LogP contribution in [0.1, 0.15) is 38.5 Å². The molecule has 3 N–H and O–H groups in total. The van der Waals surface area contributed by atoms with Crippen LogP contribution in [0.15, 0.2) is 0 Å². The van der Waals surface area contributed by atoms with Gasteiger partial charge < -0.3 is 11.1 Å². The lowest BCUT2D eigenvalue weighted by Gasteiger charge is -2.17. The van der Waals surface area contributed by atoms with Crippen LogP contribution in [0.5, 0.6) is 0 Å². The Hall–Kier alpha value is -0.570. The second-order valence-electron chi connectivity index (χ2n) is 5.87. The summed E-state index contributed by atoms with van der Waals surface area (Å²) in [5, 5.41) is 3.18. The lowest BCUT2D eigenvalue weighted by atomic mass is 10.0. The van der Waals surface area contributed by atoms with E-state index in [2.05, 4.69) is 5.32 Å². The molecule has 0 aliphatic heterocycles. The topological polar surface area (TPSA) is 55.1 Å². The molecule has 3 aliphatic carbocycles. The number of carbonyl (C=O) groups is 1. The van der Waals surface area contributed by atoms with Crippen molar-refractivity contribution in [2.45, 2.75) is 44.6 Å². The molecule has 0 radical (unpaired) electrons. The number of nitrogens with one attached hydrogen (secondary N) is 1. The molecule has 3 nitrogen and oxygen atoms in total. The van der Waals surface area contributed by atoms with Crippen LogP contribution >= 0.6 is 0 Å². The fraction of sp³-hybridized carbons (Fsp3) is 0.917. The second kappa shape index (κ2) is 3.21. The van der Waals surface area contributed by atoms with Crippen LogP contribution in [-0.2, 0) is 4.79 Å². The Morgan fingerprint density at radius 2 is 1.93 bits per heavy atom. The third-order valence-corrected chi connectivity index (χ3v) is 4.53. The van der Waals surface area contributed by atoms with E-state index < -0.39 is 0 Å². The van der Waals surface area contributed by atoms with Crippen LogP contribution in [0.4, 0.5) is 0 Å². The summed E-state index contributed by atoms with van der Waals surface area (Å²) < 4.78 is 0. The predicted octanol–water partition coefficient (Wildman–Crippen LogP) is 1.03. The van der Waals surface area contributed by atoms with Crippen molar-refractivity contribution < 1.29 is 4.79 Å². The van der Waals surface area contributed by atoms with Gasteiger partial charge in [-0.1, -0.05) is 0 Å². The van der Waals surface area contributed by atoms with E-state index in [0.29, 0.717) is 19.0 Å². The van der Waals surface area contributed by atoms with Crippen LogP contribution < -0.4 is 11.1 Å². The van der Waals surface area contributed by atoms with E-state index in [1.54, 1.807) is 0 Å². The van der Waals surface area contributed by atoms with Crippen LogP contribution in [0.25, 0.3) is 0 Å². The van der Waals surface area contributed by atoms with Crippen molar-refractivity contribution in [2.75, 3.05) is 6.54 Å². The van der Waals surface area contributed by atoms with Crippen molar-refractivity contribution in [1.29, 1.82) is 0 Å². The van der Waals surface area contributed by atoms with Gasteiger partial charge in [0, 0.05) is 12.5 Å². The molecule has 0 heterocycles. The lowest BCUT2D eigenvalue weighted by Crippen LogP contribution is -2.36. The molecule has 0 bridgehead atoms. The highest BCUT2D eigenvalue weighted by Gasteiger charge is 2.47. The molecule has 3 rings (SSSR count). The van der Waals surface area contributed by atoms with Crippen LogP contribution in [0, 0.1) is 17.3 Å². The molecule has 2 atom stereocenters. The number of amides is 1. The lowest BCUT2D eigenvalue weighted by molar-refractivity contribution is -0.122. The molecule has 3 saturated carbocycles. The summed E-state index contributed by atoms with van der Waals surface area (Å²) in [5.41, 5.74) is 5.86. The minimum atomic E-state index is 0.186. The first-order chi connectivity index (χ1) is 7.21. The number of nitrogens with two attached hydrogens (primary N) is 1. The molecule has 84 valence electrons. The number of rotatable bonds is 4. The summed E-state index contributed by atoms with van der Waals surface area (Å²) in [6.45, 7) is 0.677. The number of hydrogen-bond acceptors (Lipinski definition) is 2. The Kier molecular flexibility index (Phi) is 2.06. The molecule has 15 heavy (non-hydrogen) atoms. The van der Waals surface area contributed by atoms with Gasteiger partial charge >= 0.3 is 0 Å². The first-order valence-corrected chi connectivity index (χ1v) is 6.20. The quantitative estimate of drug-likeness (QED) is 0.725. The van der Waals surface area contributed by atoms with Gasteiger partial charge in [-0.05, 0) is 55.9 Å². The molecule has 2 unspecified atom stereocenters. The SMILES string of the molecule is NCC1(CC(=O)NC2CC3CC3C2)CC1. The Balaban J connectivity index is 1.45. The molecule has 0 aromatic carbocycles. The summed E-state index contributed by atoms with van der Waals surface area (Å²) in [6.07, 6.45) is 6.83. The molecule has 3 aliphatic rings. The summed E-state index contributed by atoms with van der Waals surface area (Å²) >= 11 is 0. The van der Waals surface area contributed by atoms with E-state index in [1.165, 1.54) is 19.3 Å². The van der Waals surface area contributed by atoms with Gasteiger partial charge in [0.15, 0.2) is 0 Å². The summed E-state index contributed by atoms with van der Waals surface area (Å²) in [5.74, 6) is 2.13. The first-order valence-electron chi connectivity index (χ1n) is 6.20. The molecule has 0 saturated heterocycles. The summed E-state index contributed by atoms with van der Waals surface area (Å²) in [7, 11) is 0. The zero-order chi connectivity index (χ0) is 10.5. The van der Waals surface area contributed by atoms with Crippen LogP contribution in [0.3, 0.4) is 0 Å². The van der Waals surface area contributed by atoms with Gasteiger partial charge in [-0.3, -0.25) is 4.79 Å². The van der Waals surface area contributed by atoms with Crippen molar-refractivity contribution in [1.82, 2.24) is 5.32 Å². The van der Waals surface area contributed by atoms with Crippen LogP contribution in [-0.4, -0.2) is 18.5 Å². The Morgan fingerprint density at radius 1 is 1.27 bits per heavy atom. The van der Waals surface area contributed by atoms with Gasteiger partial charge in [0.1, 0.15) is 0 Å². The molecular weight excluding hydrogens is 188 g/mol. The van der Waals surface area contributed by atoms with E-state index in [1.807, 2.05) is 0 Å². The molecular formula is C12H20N2O. The zero-order valence-corrected chi connectivity index (χ0v) is 9.17. The fourth-order valence-corrected chi connectivity index (χ4v) is 3.08. The summed E-state index contributed by atoms with van der Waals surface area (Å²) in [4.78, 5) is 11.8. The maximum absolute atomic E-state index is 11.8. The Bertz CT molecular complexity index is 275. The van der Waals surface area contributed by atoms with Crippen molar-refractivity contribution in [3.05, 3.63) is 0 Å². The number of hydrogen-bond donors (Lipinski definition) is 2. The van der Waals surface area contributed by atoms with Gasteiger partial charge in [-0.2, -0.15) is 0 Å². The smallest absolute Gasteiger partial charge is 0.220 e. The molecule has 1 amide bonds. The maximum Gasteiger partial charge on any atom is 0.220 e. The van der Waals surface area contributed by atoms with Crippen LogP contribution in [0.2, 0.25) is 0 Å². The van der Waals surface area contributed by atoms with Crippen molar-refractivity contribution in [3.8, 4) is 0 Å². The minimum absolute atomic E-state index is 0.186. The van der Waals surface area contributed by atoms with Gasteiger partial charge in [-0.15, -0.1) is 0 Å². The standard InChI is InChI=1S/C12H20N2O/c13-7-12(1-2-12)6-11(15)14-10-4-8-3-9(8)5-10/h8-10H,1-7,13H2,(H,14,15). The molecule has 3 heteroatoms. The van der Waals surface area contributed by atoms with Crippen molar-refractivity contribution >= 4 is 5.91 Å². The zero-order valence-electron chi connectivity index (χ0n) is 9.17. The van der Waals surface area contributed by atoms with Gasteiger partial charge in [-0.25, -0.2) is 0 Å². The molecule has 0 aromatic heterocycles. The molecule has 0 aromatic rings. The molecule has 0 spiro atoms. The van der Waals surface area contributed by atoms with E-state index in [9.17, 15) is 4.79 Å². The van der Waals surface area contributed by atoms with Crippen molar-refractivity contribution in [3.63, 3.8) is 0 Å². The van der Waals surface area contributed by atoms with E-state index in [0.717, 1.165) is 24.7 Å². The predicted molar refractivity (Wildman–Crippen MR) is 58.1 cm³/mol. The second-order valence-corrected chi connectivity index (χ2v) is 5.87. The highest BCUT2D eigenvalue weighted by atomic mass is 16.1. The van der Waals surface area contributed by atoms with E-state index in [4.69, 9.17) is 5.73 Å². The highest BCUT2D eigenvalue weighted by Crippen LogP contribution is 2.52. The Morgan fingerprint density at radius 3 is 2.47 bits per heavy atom. The summed E-state index contributed by atoms with van der Waals surface area (Å²) in [6, 6.07) is 0.481. The third kappa shape index (κ3) is 1.89. The monoisotopic (exact) mass is 208 g/mol. The average molecular weight is 208 g/mol. The minimum Gasteiger partial charge on any atom is -0.353 e. The average Bonchev–Trinajstić information content (AvgIpc) is 3.08. The van der Waals surface area contributed by atoms with E-state index in [-0.39, 0.29) is 11.3 Å². The number of carbonyl (C=O) groups excluding carboxylic acids is 1. The fourth-order valence-electron chi connectivity index (χ4n) is 3.08. The maximum atomic E-state index is 11.8. The van der Waals surface area contributed by atoms with Gasteiger partial charge in [0.25, 0.3) is 0 Å². The first kappa shape index (κ1) is 9.64. The largest absolute Gasteiger partial charge is 0.353 e. The molecule has 3 fully saturated rings. The van der Waals surface area contributed by atoms with Gasteiger partial charge in [0.05, 0.1) is 0 Å². The number of fused-ring (bicyclic) bond motifs is 1. The third-order valence-electron chi connectivity index (χ3n) is 4.53. The van der Waals surface area contributed by atoms with E-state index >= 15 is 0 Å². The van der Waals surface area contributed by atoms with Crippen molar-refractivity contribution in [2.24, 2.45) is 23.0 Å². The van der Waals surface area contributed by atoms with Gasteiger partial charge in [0.2, 0.25) is 5.91 Å². The highest BCUT2D eigenvalue weighted by molar-refractivity contribution is 5.77. The Labute approximate surface area is 90.8 Å². The normalized spacial score (nSPS) is 39.7.